The van der Waals surface area contributed by atoms with Gasteiger partial charge in [-0.1, -0.05) is 70.0 Å². The number of fused-ring (bicyclic) bond motifs is 2. The molecule has 1 aliphatic heterocycles. The molecular formula is C32H30ClNO5. The van der Waals surface area contributed by atoms with Crippen molar-refractivity contribution in [1.82, 2.24) is 0 Å². The number of halogens is 1. The van der Waals surface area contributed by atoms with Crippen molar-refractivity contribution in [2.75, 3.05) is 11.5 Å². The van der Waals surface area contributed by atoms with Gasteiger partial charge < -0.3 is 9.15 Å². The summed E-state index contributed by atoms with van der Waals surface area (Å²) in [6, 6.07) is 18.6. The van der Waals surface area contributed by atoms with Crippen molar-refractivity contribution >= 4 is 40.1 Å². The topological polar surface area (TPSA) is 76.8 Å². The molecule has 4 aromatic rings. The molecule has 0 radical (unpaired) electrons. The number of carbonyl (C=O) groups excluding carboxylic acids is 2. The number of amides is 1. The molecule has 0 bridgehead atoms. The summed E-state index contributed by atoms with van der Waals surface area (Å²) in [4.78, 5) is 41.6. The minimum Gasteiger partial charge on any atom is -0.462 e. The van der Waals surface area contributed by atoms with Crippen molar-refractivity contribution in [3.05, 3.63) is 110 Å². The number of nitrogens with zero attached hydrogens (tertiary/aromatic N) is 1. The Balaban J connectivity index is 1.62. The van der Waals surface area contributed by atoms with Gasteiger partial charge in [-0.2, -0.15) is 0 Å². The molecule has 200 valence electrons. The number of benzene rings is 3. The first kappa shape index (κ1) is 26.7. The molecule has 0 spiro atoms. The van der Waals surface area contributed by atoms with Crippen molar-refractivity contribution < 1.29 is 18.7 Å². The summed E-state index contributed by atoms with van der Waals surface area (Å²) >= 11 is 6.19. The van der Waals surface area contributed by atoms with E-state index in [1.54, 1.807) is 47.4 Å². The molecule has 0 fully saturated rings. The zero-order valence-corrected chi connectivity index (χ0v) is 23.2. The van der Waals surface area contributed by atoms with E-state index in [-0.39, 0.29) is 22.2 Å². The second-order valence-electron chi connectivity index (χ2n) is 10.8. The van der Waals surface area contributed by atoms with Crippen molar-refractivity contribution in [3.8, 4) is 0 Å². The number of anilines is 1. The molecule has 1 amide bonds. The van der Waals surface area contributed by atoms with Gasteiger partial charge in [-0.25, -0.2) is 4.79 Å². The number of rotatable bonds is 6. The lowest BCUT2D eigenvalue weighted by atomic mass is 9.86. The molecule has 1 aromatic heterocycles. The van der Waals surface area contributed by atoms with Gasteiger partial charge in [0.1, 0.15) is 5.58 Å². The molecule has 1 aliphatic rings. The van der Waals surface area contributed by atoms with E-state index in [9.17, 15) is 14.4 Å². The van der Waals surface area contributed by atoms with Crippen molar-refractivity contribution in [2.45, 2.75) is 52.0 Å². The molecule has 0 aliphatic carbocycles. The predicted octanol–water partition coefficient (Wildman–Crippen LogP) is 7.45. The van der Waals surface area contributed by atoms with Crippen LogP contribution < -0.4 is 10.3 Å². The lowest BCUT2D eigenvalue weighted by molar-refractivity contribution is 0.0499. The smallest absolute Gasteiger partial charge is 0.338 e. The second-order valence-corrected chi connectivity index (χ2v) is 11.2. The minimum atomic E-state index is -0.719. The monoisotopic (exact) mass is 543 g/mol. The largest absolute Gasteiger partial charge is 0.462 e. The first-order chi connectivity index (χ1) is 18.6. The molecule has 39 heavy (non-hydrogen) atoms. The van der Waals surface area contributed by atoms with Crippen LogP contribution in [0.5, 0.6) is 0 Å². The van der Waals surface area contributed by atoms with Crippen LogP contribution in [-0.4, -0.2) is 18.5 Å². The van der Waals surface area contributed by atoms with Gasteiger partial charge in [0.25, 0.3) is 5.91 Å². The lowest BCUT2D eigenvalue weighted by Crippen LogP contribution is -2.29. The quantitative estimate of drug-likeness (QED) is 0.186. The van der Waals surface area contributed by atoms with Crippen LogP contribution in [0.1, 0.15) is 84.2 Å². The second kappa shape index (κ2) is 10.3. The molecular weight excluding hydrogens is 514 g/mol. The van der Waals surface area contributed by atoms with Crippen LogP contribution in [0.15, 0.2) is 75.9 Å². The third-order valence-electron chi connectivity index (χ3n) is 7.04. The predicted molar refractivity (Wildman–Crippen MR) is 153 cm³/mol. The van der Waals surface area contributed by atoms with Gasteiger partial charge in [-0.05, 0) is 65.4 Å². The normalized spacial score (nSPS) is 15.1. The van der Waals surface area contributed by atoms with E-state index in [1.807, 2.05) is 31.2 Å². The van der Waals surface area contributed by atoms with Crippen LogP contribution in [0.2, 0.25) is 5.02 Å². The van der Waals surface area contributed by atoms with Crippen LogP contribution in [0.25, 0.3) is 11.0 Å². The standard InChI is InChI=1S/C32H30ClNO5/c1-5-6-17-38-31(37)20-9-14-23(15-10-20)34-27(19-7-11-21(12-8-19)32(2,3)4)26-28(35)24-18-22(33)13-16-25(24)39-29(26)30(34)36/h7-16,18,27H,5-6,17H2,1-4H3. The molecule has 7 heteroatoms. The SMILES string of the molecule is CCCCOC(=O)c1ccc(N2C(=O)c3oc4ccc(Cl)cc4c(=O)c3C2c2ccc(C(C)(C)C)cc2)cc1. The minimum absolute atomic E-state index is 0.00257. The maximum atomic E-state index is 13.8. The van der Waals surface area contributed by atoms with Crippen LogP contribution in [0.4, 0.5) is 5.69 Å². The summed E-state index contributed by atoms with van der Waals surface area (Å²) in [5.74, 6) is -0.842. The Morgan fingerprint density at radius 1 is 1.00 bits per heavy atom. The molecule has 6 nitrogen and oxygen atoms in total. The Kier molecular flexibility index (Phi) is 7.08. The highest BCUT2D eigenvalue weighted by Crippen LogP contribution is 2.42. The zero-order valence-electron chi connectivity index (χ0n) is 22.4. The average molecular weight is 544 g/mol. The van der Waals surface area contributed by atoms with E-state index in [0.29, 0.717) is 33.8 Å². The molecule has 1 atom stereocenters. The van der Waals surface area contributed by atoms with Gasteiger partial charge in [0.05, 0.1) is 29.2 Å². The Morgan fingerprint density at radius 2 is 1.69 bits per heavy atom. The van der Waals surface area contributed by atoms with Crippen molar-refractivity contribution in [3.63, 3.8) is 0 Å². The lowest BCUT2D eigenvalue weighted by Gasteiger charge is -2.26. The first-order valence-corrected chi connectivity index (χ1v) is 13.5. The molecule has 5 rings (SSSR count). The fourth-order valence-corrected chi connectivity index (χ4v) is 5.01. The highest BCUT2D eigenvalue weighted by atomic mass is 35.5. The molecule has 0 N–H and O–H groups in total. The van der Waals surface area contributed by atoms with Gasteiger partial charge in [-0.15, -0.1) is 0 Å². The van der Waals surface area contributed by atoms with Gasteiger partial charge >= 0.3 is 5.97 Å². The summed E-state index contributed by atoms with van der Waals surface area (Å²) in [5.41, 5.74) is 3.02. The van der Waals surface area contributed by atoms with E-state index in [2.05, 4.69) is 20.8 Å². The van der Waals surface area contributed by atoms with Crippen LogP contribution in [-0.2, 0) is 10.2 Å². The third kappa shape index (κ3) is 4.97. The Morgan fingerprint density at radius 3 is 2.33 bits per heavy atom. The van der Waals surface area contributed by atoms with E-state index >= 15 is 0 Å². The average Bonchev–Trinajstić information content (AvgIpc) is 3.21. The Bertz CT molecular complexity index is 1610. The fourth-order valence-electron chi connectivity index (χ4n) is 4.84. The maximum absolute atomic E-state index is 13.8. The number of hydrogen-bond acceptors (Lipinski definition) is 5. The summed E-state index contributed by atoms with van der Waals surface area (Å²) < 4.78 is 11.3. The number of carbonyl (C=O) groups is 2. The number of unbranched alkanes of at least 4 members (excludes halogenated alkanes) is 1. The molecule has 0 saturated heterocycles. The third-order valence-corrected chi connectivity index (χ3v) is 7.27. The fraction of sp³-hybridized carbons (Fsp3) is 0.281. The van der Waals surface area contributed by atoms with Gasteiger partial charge in [0, 0.05) is 10.7 Å². The van der Waals surface area contributed by atoms with Crippen LogP contribution in [0, 0.1) is 0 Å². The van der Waals surface area contributed by atoms with Crippen LogP contribution >= 0.6 is 11.6 Å². The van der Waals surface area contributed by atoms with E-state index < -0.39 is 17.9 Å². The molecule has 0 saturated carbocycles. The zero-order chi connectivity index (χ0) is 27.9. The van der Waals surface area contributed by atoms with Gasteiger partial charge in [0.15, 0.2) is 5.43 Å². The maximum Gasteiger partial charge on any atom is 0.338 e. The number of hydrogen-bond donors (Lipinski definition) is 0. The molecule has 2 heterocycles. The Hall–Kier alpha value is -3.90. The van der Waals surface area contributed by atoms with Crippen molar-refractivity contribution in [1.29, 1.82) is 0 Å². The first-order valence-electron chi connectivity index (χ1n) is 13.1. The van der Waals surface area contributed by atoms with Gasteiger partial charge in [0.2, 0.25) is 5.76 Å². The number of ether oxygens (including phenoxy) is 1. The Labute approximate surface area is 232 Å². The summed E-state index contributed by atoms with van der Waals surface area (Å²) in [5, 5.41) is 0.723. The summed E-state index contributed by atoms with van der Waals surface area (Å²) in [7, 11) is 0. The molecule has 3 aromatic carbocycles. The van der Waals surface area contributed by atoms with E-state index in [4.69, 9.17) is 20.8 Å². The van der Waals surface area contributed by atoms with E-state index in [1.165, 1.54) is 0 Å². The summed E-state index contributed by atoms with van der Waals surface area (Å²) in [6.45, 7) is 8.76. The van der Waals surface area contributed by atoms with Crippen molar-refractivity contribution in [2.24, 2.45) is 0 Å². The highest BCUT2D eigenvalue weighted by Gasteiger charge is 2.43. The highest BCUT2D eigenvalue weighted by molar-refractivity contribution is 6.31. The van der Waals surface area contributed by atoms with Gasteiger partial charge in [-0.3, -0.25) is 14.5 Å². The summed E-state index contributed by atoms with van der Waals surface area (Å²) in [6.07, 6.45) is 1.72. The van der Waals surface area contributed by atoms with E-state index in [0.717, 1.165) is 24.0 Å². The number of esters is 1. The van der Waals surface area contributed by atoms with Crippen LogP contribution in [0.3, 0.4) is 0 Å². The molecule has 1 unspecified atom stereocenters.